The van der Waals surface area contributed by atoms with Crippen molar-refractivity contribution in [3.8, 4) is 28.7 Å². The standard InChI is InChI=1S/C27H36O13/c1-35-17-11-15(6-7-16(17)30)22(31)21(13-38-27-25(34)24(33)23(32)20(12-29)40-27)39-26-18(36-2)9-14(5-4-8-28)10-19(26)37-3/h4-7,9-11,20-25,27-34H,8,12-13H2,1-3H3/t20-,21+,22-,23-,24+,25-,27-/m1/s1. The summed E-state index contributed by atoms with van der Waals surface area (Å²) in [5.41, 5.74) is 0.908. The minimum absolute atomic E-state index is 0.0957. The van der Waals surface area contributed by atoms with E-state index in [2.05, 4.69) is 0 Å². The maximum atomic E-state index is 11.3. The lowest BCUT2D eigenvalue weighted by Gasteiger charge is -2.40. The Labute approximate surface area is 231 Å². The Hall–Kier alpha value is -3.14. The van der Waals surface area contributed by atoms with Gasteiger partial charge < -0.3 is 64.2 Å². The lowest BCUT2D eigenvalue weighted by molar-refractivity contribution is -0.305. The first kappa shape index (κ1) is 31.4. The summed E-state index contributed by atoms with van der Waals surface area (Å²) < 4.78 is 33.4. The SMILES string of the molecule is COc1cc([C@@H](O)[C@H](CO[C@@H]2O[C@H](CO)[C@@H](O)[C@H](O)[C@H]2O)Oc2c(OC)cc(C=CCO)cc2OC)ccc1O. The Morgan fingerprint density at radius 1 is 0.900 bits per heavy atom. The van der Waals surface area contributed by atoms with Crippen LogP contribution in [0.15, 0.2) is 36.4 Å². The van der Waals surface area contributed by atoms with Gasteiger partial charge in [-0.3, -0.25) is 0 Å². The zero-order chi connectivity index (χ0) is 29.4. The van der Waals surface area contributed by atoms with Crippen molar-refractivity contribution in [2.75, 3.05) is 41.2 Å². The minimum atomic E-state index is -1.67. The van der Waals surface area contributed by atoms with Crippen LogP contribution in [0.4, 0.5) is 0 Å². The average Bonchev–Trinajstić information content (AvgIpc) is 2.97. The molecule has 2 aromatic rings. The molecule has 0 aromatic heterocycles. The van der Waals surface area contributed by atoms with Gasteiger partial charge in [-0.05, 0) is 35.4 Å². The third-order valence-electron chi connectivity index (χ3n) is 6.34. The molecule has 13 heteroatoms. The van der Waals surface area contributed by atoms with Crippen LogP contribution in [0.5, 0.6) is 28.7 Å². The molecule has 40 heavy (non-hydrogen) atoms. The van der Waals surface area contributed by atoms with Crippen molar-refractivity contribution < 1.29 is 64.2 Å². The van der Waals surface area contributed by atoms with Gasteiger partial charge in [0.25, 0.3) is 0 Å². The monoisotopic (exact) mass is 568 g/mol. The van der Waals surface area contributed by atoms with Crippen LogP contribution in [0.25, 0.3) is 6.08 Å². The van der Waals surface area contributed by atoms with Crippen LogP contribution < -0.4 is 18.9 Å². The maximum absolute atomic E-state index is 11.3. The molecule has 1 aliphatic heterocycles. The number of methoxy groups -OCH3 is 3. The van der Waals surface area contributed by atoms with Gasteiger partial charge in [0, 0.05) is 0 Å². The number of aromatic hydroxyl groups is 1. The van der Waals surface area contributed by atoms with Gasteiger partial charge in [-0.25, -0.2) is 0 Å². The zero-order valence-corrected chi connectivity index (χ0v) is 22.3. The molecule has 0 unspecified atom stereocenters. The summed E-state index contributed by atoms with van der Waals surface area (Å²) in [6, 6.07) is 7.42. The number of rotatable bonds is 13. The van der Waals surface area contributed by atoms with Crippen molar-refractivity contribution in [2.24, 2.45) is 0 Å². The van der Waals surface area contributed by atoms with Gasteiger partial charge in [-0.15, -0.1) is 0 Å². The fourth-order valence-electron chi connectivity index (χ4n) is 4.13. The molecule has 1 heterocycles. The predicted octanol–water partition coefficient (Wildman–Crippen LogP) is -0.279. The molecule has 2 aromatic carbocycles. The average molecular weight is 569 g/mol. The molecule has 0 amide bonds. The van der Waals surface area contributed by atoms with E-state index in [9.17, 15) is 30.6 Å². The van der Waals surface area contributed by atoms with E-state index >= 15 is 0 Å². The zero-order valence-electron chi connectivity index (χ0n) is 22.3. The number of phenolic OH excluding ortho intramolecular Hbond substituents is 1. The fourth-order valence-corrected chi connectivity index (χ4v) is 4.13. The van der Waals surface area contributed by atoms with Gasteiger partial charge in [-0.2, -0.15) is 0 Å². The molecule has 1 aliphatic rings. The molecule has 0 aliphatic carbocycles. The third kappa shape index (κ3) is 7.13. The van der Waals surface area contributed by atoms with Gasteiger partial charge in [-0.1, -0.05) is 18.2 Å². The smallest absolute Gasteiger partial charge is 0.204 e. The maximum Gasteiger partial charge on any atom is 0.204 e. The Morgan fingerprint density at radius 2 is 1.55 bits per heavy atom. The van der Waals surface area contributed by atoms with Crippen LogP contribution >= 0.6 is 0 Å². The molecule has 1 saturated heterocycles. The van der Waals surface area contributed by atoms with E-state index in [1.54, 1.807) is 18.2 Å². The Bertz CT molecular complexity index is 1100. The molecule has 0 bridgehead atoms. The minimum Gasteiger partial charge on any atom is -0.504 e. The lowest BCUT2D eigenvalue weighted by atomic mass is 9.99. The summed E-state index contributed by atoms with van der Waals surface area (Å²) in [6.07, 6.45) is -7.08. The summed E-state index contributed by atoms with van der Waals surface area (Å²) in [4.78, 5) is 0. The Kier molecular flexibility index (Phi) is 11.4. The molecular weight excluding hydrogens is 532 g/mol. The Morgan fingerprint density at radius 3 is 2.12 bits per heavy atom. The van der Waals surface area contributed by atoms with E-state index in [0.29, 0.717) is 5.56 Å². The summed E-state index contributed by atoms with van der Waals surface area (Å²) in [5.74, 6) is 0.498. The van der Waals surface area contributed by atoms with E-state index in [1.165, 1.54) is 45.6 Å². The van der Waals surface area contributed by atoms with Gasteiger partial charge in [0.05, 0.1) is 41.2 Å². The lowest BCUT2D eigenvalue weighted by Crippen LogP contribution is -2.59. The van der Waals surface area contributed by atoms with E-state index in [4.69, 9.17) is 33.5 Å². The second-order valence-electron chi connectivity index (χ2n) is 8.90. The Balaban J connectivity index is 1.97. The highest BCUT2D eigenvalue weighted by molar-refractivity contribution is 5.62. The van der Waals surface area contributed by atoms with Crippen LogP contribution in [0, 0.1) is 0 Å². The van der Waals surface area contributed by atoms with Crippen LogP contribution in [-0.4, -0.2) is 114 Å². The highest BCUT2D eigenvalue weighted by atomic mass is 16.7. The van der Waals surface area contributed by atoms with Gasteiger partial charge in [0.1, 0.15) is 30.5 Å². The van der Waals surface area contributed by atoms with Crippen LogP contribution in [0.3, 0.4) is 0 Å². The van der Waals surface area contributed by atoms with Crippen LogP contribution in [-0.2, 0) is 9.47 Å². The molecular formula is C27H36O13. The molecule has 222 valence electrons. The highest BCUT2D eigenvalue weighted by Crippen LogP contribution is 2.41. The molecule has 0 saturated carbocycles. The second-order valence-corrected chi connectivity index (χ2v) is 8.90. The quantitative estimate of drug-likeness (QED) is 0.167. The number of ether oxygens (including phenoxy) is 6. The molecule has 0 radical (unpaired) electrons. The van der Waals surface area contributed by atoms with Crippen molar-refractivity contribution in [1.29, 1.82) is 0 Å². The summed E-state index contributed by atoms with van der Waals surface area (Å²) in [7, 11) is 4.16. The van der Waals surface area contributed by atoms with Crippen LogP contribution in [0.2, 0.25) is 0 Å². The van der Waals surface area contributed by atoms with Gasteiger partial charge in [0.15, 0.2) is 35.4 Å². The molecule has 13 nitrogen and oxygen atoms in total. The largest absolute Gasteiger partial charge is 0.504 e. The molecule has 7 N–H and O–H groups in total. The van der Waals surface area contributed by atoms with Crippen molar-refractivity contribution in [2.45, 2.75) is 42.9 Å². The normalized spacial score (nSPS) is 24.5. The first-order valence-electron chi connectivity index (χ1n) is 12.4. The van der Waals surface area contributed by atoms with E-state index in [0.717, 1.165) is 0 Å². The second kappa shape index (κ2) is 14.5. The van der Waals surface area contributed by atoms with E-state index < -0.39 is 56.1 Å². The molecule has 7 atom stereocenters. The summed E-state index contributed by atoms with van der Waals surface area (Å²) in [6.45, 7) is -1.26. The number of benzene rings is 2. The number of hydrogen-bond acceptors (Lipinski definition) is 13. The van der Waals surface area contributed by atoms with Gasteiger partial charge in [0.2, 0.25) is 5.75 Å². The van der Waals surface area contributed by atoms with Gasteiger partial charge >= 0.3 is 0 Å². The first-order chi connectivity index (χ1) is 19.2. The number of hydrogen-bond donors (Lipinski definition) is 7. The molecule has 1 fully saturated rings. The number of aliphatic hydroxyl groups is 6. The number of phenols is 1. The fraction of sp³-hybridized carbons (Fsp3) is 0.481. The predicted molar refractivity (Wildman–Crippen MR) is 139 cm³/mol. The third-order valence-corrected chi connectivity index (χ3v) is 6.34. The van der Waals surface area contributed by atoms with Crippen molar-refractivity contribution in [3.05, 3.63) is 47.5 Å². The van der Waals surface area contributed by atoms with Crippen LogP contribution in [0.1, 0.15) is 17.2 Å². The van der Waals surface area contributed by atoms with E-state index in [1.807, 2.05) is 0 Å². The van der Waals surface area contributed by atoms with Crippen molar-refractivity contribution >= 4 is 6.08 Å². The van der Waals surface area contributed by atoms with Crippen molar-refractivity contribution in [3.63, 3.8) is 0 Å². The number of aliphatic hydroxyl groups excluding tert-OH is 6. The van der Waals surface area contributed by atoms with Crippen molar-refractivity contribution in [1.82, 2.24) is 0 Å². The topological polar surface area (TPSA) is 197 Å². The summed E-state index contributed by atoms with van der Waals surface area (Å²) >= 11 is 0. The first-order valence-corrected chi connectivity index (χ1v) is 12.4. The van der Waals surface area contributed by atoms with E-state index in [-0.39, 0.29) is 40.9 Å². The highest BCUT2D eigenvalue weighted by Gasteiger charge is 2.44. The summed E-state index contributed by atoms with van der Waals surface area (Å²) in [5, 5.41) is 70.5. The molecule has 0 spiro atoms. The molecule has 3 rings (SSSR count).